The predicted molar refractivity (Wildman–Crippen MR) is 115 cm³/mol. The zero-order valence-corrected chi connectivity index (χ0v) is 15.8. The maximum atomic E-state index is 13.4. The summed E-state index contributed by atoms with van der Waals surface area (Å²) in [4.78, 5) is 25.5. The molecule has 0 spiro atoms. The summed E-state index contributed by atoms with van der Waals surface area (Å²) >= 11 is 0. The van der Waals surface area contributed by atoms with Crippen molar-refractivity contribution in [1.82, 2.24) is 0 Å². The van der Waals surface area contributed by atoms with Gasteiger partial charge in [0.1, 0.15) is 0 Å². The van der Waals surface area contributed by atoms with Crippen LogP contribution < -0.4 is 4.90 Å². The number of amides is 1. The van der Waals surface area contributed by atoms with E-state index in [0.29, 0.717) is 5.56 Å². The summed E-state index contributed by atoms with van der Waals surface area (Å²) in [6.07, 6.45) is 0. The Hall–Kier alpha value is -3.99. The lowest BCUT2D eigenvalue weighted by molar-refractivity contribution is -0.384. The van der Waals surface area contributed by atoms with Crippen LogP contribution in [0.1, 0.15) is 15.9 Å². The minimum atomic E-state index is -0.476. The van der Waals surface area contributed by atoms with Crippen molar-refractivity contribution < 1.29 is 9.72 Å². The summed E-state index contributed by atoms with van der Waals surface area (Å²) in [5.74, 6) is -0.249. The highest BCUT2D eigenvalue weighted by Crippen LogP contribution is 2.31. The molecular formula is C24H18N2O3. The van der Waals surface area contributed by atoms with Crippen LogP contribution >= 0.6 is 0 Å². The molecule has 1 amide bonds. The average Bonchev–Trinajstić information content (AvgIpc) is 2.74. The van der Waals surface area contributed by atoms with Gasteiger partial charge in [0.25, 0.3) is 11.6 Å². The maximum absolute atomic E-state index is 13.4. The average molecular weight is 382 g/mol. The predicted octanol–water partition coefficient (Wildman–Crippen LogP) is 6.03. The second-order valence-corrected chi connectivity index (χ2v) is 6.82. The van der Waals surface area contributed by atoms with E-state index in [0.717, 1.165) is 27.7 Å². The number of non-ortho nitro benzene ring substituents is 1. The van der Waals surface area contributed by atoms with E-state index in [1.54, 1.807) is 4.90 Å². The van der Waals surface area contributed by atoms with E-state index in [4.69, 9.17) is 0 Å². The number of aryl methyl sites for hydroxylation is 1. The van der Waals surface area contributed by atoms with Gasteiger partial charge in [0.05, 0.1) is 4.92 Å². The molecule has 0 heterocycles. The fourth-order valence-corrected chi connectivity index (χ4v) is 3.32. The first-order valence-electron chi connectivity index (χ1n) is 9.17. The Balaban J connectivity index is 1.83. The number of benzene rings is 4. The number of fused-ring (bicyclic) bond motifs is 1. The van der Waals surface area contributed by atoms with Gasteiger partial charge in [-0.3, -0.25) is 19.8 Å². The van der Waals surface area contributed by atoms with E-state index in [-0.39, 0.29) is 11.6 Å². The highest BCUT2D eigenvalue weighted by atomic mass is 16.6. The molecule has 0 aliphatic rings. The number of nitrogens with zero attached hydrogens (tertiary/aromatic N) is 2. The SMILES string of the molecule is Cc1cccc(N(C(=O)c2ccc([N+](=O)[O-])cc2)c2ccc3ccccc3c2)c1. The number of carbonyl (C=O) groups excluding carboxylic acids is 1. The molecule has 5 nitrogen and oxygen atoms in total. The summed E-state index contributed by atoms with van der Waals surface area (Å²) < 4.78 is 0. The molecule has 0 N–H and O–H groups in total. The van der Waals surface area contributed by atoms with Crippen LogP contribution in [0.4, 0.5) is 17.1 Å². The molecule has 0 saturated carbocycles. The summed E-state index contributed by atoms with van der Waals surface area (Å²) in [6, 6.07) is 27.2. The highest BCUT2D eigenvalue weighted by molar-refractivity contribution is 6.11. The topological polar surface area (TPSA) is 63.5 Å². The normalized spacial score (nSPS) is 10.7. The molecule has 0 radical (unpaired) electrons. The van der Waals surface area contributed by atoms with Gasteiger partial charge in [0.2, 0.25) is 0 Å². The zero-order chi connectivity index (χ0) is 20.4. The Morgan fingerprint density at radius 1 is 0.793 bits per heavy atom. The van der Waals surface area contributed by atoms with Gasteiger partial charge in [0, 0.05) is 29.1 Å². The summed E-state index contributed by atoms with van der Waals surface area (Å²) in [5, 5.41) is 13.0. The first-order chi connectivity index (χ1) is 14.0. The molecule has 29 heavy (non-hydrogen) atoms. The van der Waals surface area contributed by atoms with Crippen LogP contribution in [0, 0.1) is 17.0 Å². The van der Waals surface area contributed by atoms with Crippen LogP contribution in [-0.2, 0) is 0 Å². The van der Waals surface area contributed by atoms with Gasteiger partial charge >= 0.3 is 0 Å². The highest BCUT2D eigenvalue weighted by Gasteiger charge is 2.21. The molecule has 5 heteroatoms. The van der Waals surface area contributed by atoms with Crippen molar-refractivity contribution in [2.75, 3.05) is 4.90 Å². The lowest BCUT2D eigenvalue weighted by Gasteiger charge is -2.24. The van der Waals surface area contributed by atoms with Crippen LogP contribution in [-0.4, -0.2) is 10.8 Å². The van der Waals surface area contributed by atoms with Gasteiger partial charge in [-0.05, 0) is 59.7 Å². The molecule has 4 aromatic carbocycles. The maximum Gasteiger partial charge on any atom is 0.269 e. The number of carbonyl (C=O) groups is 1. The first kappa shape index (κ1) is 18.4. The van der Waals surface area contributed by atoms with Crippen LogP contribution in [0.25, 0.3) is 10.8 Å². The third-order valence-electron chi connectivity index (χ3n) is 4.78. The number of anilines is 2. The Kier molecular flexibility index (Phi) is 4.79. The summed E-state index contributed by atoms with van der Waals surface area (Å²) in [7, 11) is 0. The third-order valence-corrected chi connectivity index (χ3v) is 4.78. The van der Waals surface area contributed by atoms with Crippen molar-refractivity contribution in [2.45, 2.75) is 6.92 Å². The minimum Gasteiger partial charge on any atom is -0.277 e. The molecule has 0 bridgehead atoms. The number of hydrogen-bond donors (Lipinski definition) is 0. The molecule has 0 aliphatic heterocycles. The Morgan fingerprint density at radius 2 is 1.48 bits per heavy atom. The largest absolute Gasteiger partial charge is 0.277 e. The Bertz CT molecular complexity index is 1220. The lowest BCUT2D eigenvalue weighted by atomic mass is 10.1. The second-order valence-electron chi connectivity index (χ2n) is 6.82. The van der Waals surface area contributed by atoms with Crippen LogP contribution in [0.3, 0.4) is 0 Å². The third kappa shape index (κ3) is 3.71. The van der Waals surface area contributed by atoms with E-state index in [2.05, 4.69) is 0 Å². The van der Waals surface area contributed by atoms with E-state index in [1.165, 1.54) is 24.3 Å². The lowest BCUT2D eigenvalue weighted by Crippen LogP contribution is -2.26. The molecule has 0 unspecified atom stereocenters. The van der Waals surface area contributed by atoms with Crippen molar-refractivity contribution in [3.05, 3.63) is 112 Å². The number of rotatable bonds is 4. The van der Waals surface area contributed by atoms with Gasteiger partial charge in [-0.15, -0.1) is 0 Å². The zero-order valence-electron chi connectivity index (χ0n) is 15.8. The summed E-state index contributed by atoms with van der Waals surface area (Å²) in [6.45, 7) is 1.97. The van der Waals surface area contributed by atoms with E-state index >= 15 is 0 Å². The molecule has 0 saturated heterocycles. The van der Waals surface area contributed by atoms with Gasteiger partial charge in [-0.1, -0.05) is 42.5 Å². The molecule has 4 aromatic rings. The molecule has 0 atom stereocenters. The van der Waals surface area contributed by atoms with Crippen molar-refractivity contribution in [3.8, 4) is 0 Å². The monoisotopic (exact) mass is 382 g/mol. The van der Waals surface area contributed by atoms with E-state index < -0.39 is 4.92 Å². The van der Waals surface area contributed by atoms with E-state index in [9.17, 15) is 14.9 Å². The molecule has 142 valence electrons. The van der Waals surface area contributed by atoms with Crippen LogP contribution in [0.15, 0.2) is 91.0 Å². The van der Waals surface area contributed by atoms with Gasteiger partial charge in [-0.2, -0.15) is 0 Å². The van der Waals surface area contributed by atoms with Crippen molar-refractivity contribution in [1.29, 1.82) is 0 Å². The molecule has 0 fully saturated rings. The first-order valence-corrected chi connectivity index (χ1v) is 9.17. The summed E-state index contributed by atoms with van der Waals surface area (Å²) in [5.41, 5.74) is 2.84. The van der Waals surface area contributed by atoms with Crippen LogP contribution in [0.5, 0.6) is 0 Å². The number of nitro benzene ring substituents is 1. The molecule has 4 rings (SSSR count). The molecular weight excluding hydrogens is 364 g/mol. The Morgan fingerprint density at radius 3 is 2.17 bits per heavy atom. The minimum absolute atomic E-state index is 0.0469. The molecule has 0 aromatic heterocycles. The second kappa shape index (κ2) is 7.56. The molecule has 0 aliphatic carbocycles. The van der Waals surface area contributed by atoms with Crippen LogP contribution in [0.2, 0.25) is 0 Å². The van der Waals surface area contributed by atoms with E-state index in [1.807, 2.05) is 73.7 Å². The Labute approximate surface area is 168 Å². The fraction of sp³-hybridized carbons (Fsp3) is 0.0417. The number of nitro groups is 1. The van der Waals surface area contributed by atoms with Crippen molar-refractivity contribution in [2.24, 2.45) is 0 Å². The van der Waals surface area contributed by atoms with Gasteiger partial charge in [0.15, 0.2) is 0 Å². The standard InChI is InChI=1S/C24H18N2O3/c1-17-5-4-8-22(15-17)25(23-14-9-18-6-2-3-7-20(18)16-23)24(27)19-10-12-21(13-11-19)26(28)29/h2-16H,1H3. The smallest absolute Gasteiger partial charge is 0.269 e. The number of hydrogen-bond acceptors (Lipinski definition) is 3. The van der Waals surface area contributed by atoms with Gasteiger partial charge in [-0.25, -0.2) is 0 Å². The quantitative estimate of drug-likeness (QED) is 0.319. The van der Waals surface area contributed by atoms with Crippen molar-refractivity contribution >= 4 is 33.7 Å². The van der Waals surface area contributed by atoms with Crippen molar-refractivity contribution in [3.63, 3.8) is 0 Å². The fourth-order valence-electron chi connectivity index (χ4n) is 3.32. The van der Waals surface area contributed by atoms with Gasteiger partial charge < -0.3 is 0 Å².